The summed E-state index contributed by atoms with van der Waals surface area (Å²) in [6, 6.07) is 3.53. The summed E-state index contributed by atoms with van der Waals surface area (Å²) in [4.78, 5) is 22.6. The monoisotopic (exact) mass is 415 g/mol. The second-order valence-corrected chi connectivity index (χ2v) is 7.47. The molecule has 0 saturated carbocycles. The van der Waals surface area contributed by atoms with Crippen LogP contribution in [0.15, 0.2) is 35.0 Å². The van der Waals surface area contributed by atoms with E-state index in [2.05, 4.69) is 20.6 Å². The number of anilines is 2. The molecule has 160 valence electrons. The van der Waals surface area contributed by atoms with Gasteiger partial charge in [0.25, 0.3) is 0 Å². The van der Waals surface area contributed by atoms with E-state index in [0.717, 1.165) is 5.56 Å². The molecule has 1 atom stereocenters. The number of rotatable bonds is 7. The number of nitrogens with one attached hydrogen (secondary N) is 2. The van der Waals surface area contributed by atoms with E-state index in [0.29, 0.717) is 34.9 Å². The van der Waals surface area contributed by atoms with Crippen LogP contribution in [0.25, 0.3) is 11.0 Å². The van der Waals surface area contributed by atoms with Crippen molar-refractivity contribution in [1.82, 2.24) is 15.3 Å². The standard InChI is InChI=1S/C21H26FN5O3/c1-12(2)18(19-13(3)16-9-14(22)5-6-17(16)30-19)26-21(29)25-15-10-23-20(24-11-15)27(4)7-8-28/h5-6,9-12,18,28H,7-8H2,1-4H3,(H2,25,26,29)/t18-/m0/s1. The number of urea groups is 1. The highest BCUT2D eigenvalue weighted by atomic mass is 19.1. The Bertz CT molecular complexity index is 1020. The van der Waals surface area contributed by atoms with Gasteiger partial charge in [-0.1, -0.05) is 13.8 Å². The van der Waals surface area contributed by atoms with Gasteiger partial charge in [-0.2, -0.15) is 0 Å². The molecule has 30 heavy (non-hydrogen) atoms. The molecule has 0 fully saturated rings. The minimum atomic E-state index is -0.431. The van der Waals surface area contributed by atoms with Gasteiger partial charge in [0.2, 0.25) is 5.95 Å². The van der Waals surface area contributed by atoms with E-state index in [9.17, 15) is 9.18 Å². The van der Waals surface area contributed by atoms with Crippen molar-refractivity contribution >= 4 is 28.6 Å². The van der Waals surface area contributed by atoms with Crippen LogP contribution in [0.2, 0.25) is 0 Å². The van der Waals surface area contributed by atoms with E-state index < -0.39 is 12.1 Å². The first-order chi connectivity index (χ1) is 14.3. The number of fused-ring (bicyclic) bond motifs is 1. The normalized spacial score (nSPS) is 12.2. The smallest absolute Gasteiger partial charge is 0.319 e. The quantitative estimate of drug-likeness (QED) is 0.545. The molecule has 3 rings (SSSR count). The maximum atomic E-state index is 13.6. The summed E-state index contributed by atoms with van der Waals surface area (Å²) in [5.74, 6) is 0.738. The van der Waals surface area contributed by atoms with Crippen LogP contribution in [0.4, 0.5) is 20.8 Å². The molecular weight excluding hydrogens is 389 g/mol. The van der Waals surface area contributed by atoms with Gasteiger partial charge in [-0.05, 0) is 31.0 Å². The Morgan fingerprint density at radius 3 is 2.63 bits per heavy atom. The molecule has 0 unspecified atom stereocenters. The van der Waals surface area contributed by atoms with Gasteiger partial charge in [-0.3, -0.25) is 0 Å². The Hall–Kier alpha value is -3.20. The molecule has 0 spiro atoms. The third-order valence-corrected chi connectivity index (χ3v) is 4.84. The van der Waals surface area contributed by atoms with Crippen LogP contribution >= 0.6 is 0 Å². The van der Waals surface area contributed by atoms with Crippen LogP contribution in [-0.4, -0.2) is 41.3 Å². The second-order valence-electron chi connectivity index (χ2n) is 7.47. The molecule has 3 N–H and O–H groups in total. The van der Waals surface area contributed by atoms with Crippen molar-refractivity contribution in [2.24, 2.45) is 5.92 Å². The summed E-state index contributed by atoms with van der Waals surface area (Å²) in [7, 11) is 1.76. The van der Waals surface area contributed by atoms with Crippen LogP contribution in [0.3, 0.4) is 0 Å². The zero-order chi connectivity index (χ0) is 21.8. The van der Waals surface area contributed by atoms with Gasteiger partial charge in [0.05, 0.1) is 30.7 Å². The predicted octanol–water partition coefficient (Wildman–Crippen LogP) is 3.62. The number of aryl methyl sites for hydroxylation is 1. The van der Waals surface area contributed by atoms with Crippen LogP contribution in [-0.2, 0) is 0 Å². The number of aromatic nitrogens is 2. The average molecular weight is 415 g/mol. The molecule has 9 heteroatoms. The Labute approximate surface area is 174 Å². The lowest BCUT2D eigenvalue weighted by molar-refractivity contribution is 0.241. The van der Waals surface area contributed by atoms with Crippen LogP contribution in [0.1, 0.15) is 31.2 Å². The fraction of sp³-hybridized carbons (Fsp3) is 0.381. The van der Waals surface area contributed by atoms with E-state index in [-0.39, 0.29) is 18.3 Å². The summed E-state index contributed by atoms with van der Waals surface area (Å²) in [6.07, 6.45) is 2.99. The van der Waals surface area contributed by atoms with Gasteiger partial charge < -0.3 is 25.1 Å². The number of carbonyl (C=O) groups is 1. The molecule has 2 heterocycles. The molecule has 3 aromatic rings. The number of furan rings is 1. The lowest BCUT2D eigenvalue weighted by Crippen LogP contribution is -2.35. The van der Waals surface area contributed by atoms with Crippen LogP contribution in [0.5, 0.6) is 0 Å². The zero-order valence-corrected chi connectivity index (χ0v) is 17.4. The number of halogens is 1. The second kappa shape index (κ2) is 9.08. The number of nitrogens with zero attached hydrogens (tertiary/aromatic N) is 3. The van der Waals surface area contributed by atoms with E-state index in [1.165, 1.54) is 24.5 Å². The third kappa shape index (κ3) is 4.68. The van der Waals surface area contributed by atoms with Crippen LogP contribution in [0, 0.1) is 18.7 Å². The zero-order valence-electron chi connectivity index (χ0n) is 17.4. The van der Waals surface area contributed by atoms with E-state index in [1.807, 2.05) is 20.8 Å². The molecule has 8 nitrogen and oxygen atoms in total. The number of benzene rings is 1. The minimum absolute atomic E-state index is 0.00724. The molecular formula is C21H26FN5O3. The van der Waals surface area contributed by atoms with E-state index in [4.69, 9.17) is 9.52 Å². The Morgan fingerprint density at radius 2 is 2.00 bits per heavy atom. The van der Waals surface area contributed by atoms with Gasteiger partial charge in [0, 0.05) is 24.5 Å². The SMILES string of the molecule is Cc1c([C@@H](NC(=O)Nc2cnc(N(C)CCO)nc2)C(C)C)oc2ccc(F)cc12. The van der Waals surface area contributed by atoms with Crippen molar-refractivity contribution in [2.75, 3.05) is 30.4 Å². The van der Waals surface area contributed by atoms with Crippen molar-refractivity contribution < 1.29 is 18.7 Å². The first kappa shape index (κ1) is 21.5. The van der Waals surface area contributed by atoms with Gasteiger partial charge in [0.1, 0.15) is 17.2 Å². The maximum absolute atomic E-state index is 13.6. The predicted molar refractivity (Wildman–Crippen MR) is 113 cm³/mol. The number of carbonyl (C=O) groups excluding carboxylic acids is 1. The molecule has 0 aliphatic carbocycles. The maximum Gasteiger partial charge on any atom is 0.319 e. The topological polar surface area (TPSA) is 104 Å². The molecule has 2 aromatic heterocycles. The summed E-state index contributed by atoms with van der Waals surface area (Å²) in [5.41, 5.74) is 1.80. The third-order valence-electron chi connectivity index (χ3n) is 4.84. The van der Waals surface area contributed by atoms with Gasteiger partial charge in [-0.25, -0.2) is 19.2 Å². The number of likely N-dealkylation sites (N-methyl/N-ethyl adjacent to an activating group) is 1. The molecule has 0 saturated heterocycles. The first-order valence-electron chi connectivity index (χ1n) is 9.70. The fourth-order valence-corrected chi connectivity index (χ4v) is 3.19. The number of aliphatic hydroxyl groups is 1. The summed E-state index contributed by atoms with van der Waals surface area (Å²) < 4.78 is 19.5. The molecule has 0 bridgehead atoms. The lowest BCUT2D eigenvalue weighted by Gasteiger charge is -2.21. The molecule has 0 aliphatic rings. The van der Waals surface area contributed by atoms with Crippen LogP contribution < -0.4 is 15.5 Å². The van der Waals surface area contributed by atoms with Crippen molar-refractivity contribution in [3.63, 3.8) is 0 Å². The first-order valence-corrected chi connectivity index (χ1v) is 9.70. The van der Waals surface area contributed by atoms with Crippen molar-refractivity contribution in [3.8, 4) is 0 Å². The Balaban J connectivity index is 1.74. The summed E-state index contributed by atoms with van der Waals surface area (Å²) in [5, 5.41) is 15.3. The average Bonchev–Trinajstić information content (AvgIpc) is 3.02. The highest BCUT2D eigenvalue weighted by Crippen LogP contribution is 2.33. The number of amides is 2. The fourth-order valence-electron chi connectivity index (χ4n) is 3.19. The molecule has 1 aromatic carbocycles. The molecule has 0 aliphatic heterocycles. The lowest BCUT2D eigenvalue weighted by atomic mass is 9.98. The Kier molecular flexibility index (Phi) is 6.51. The highest BCUT2D eigenvalue weighted by molar-refractivity contribution is 5.89. The Morgan fingerprint density at radius 1 is 1.30 bits per heavy atom. The number of hydrogen-bond acceptors (Lipinski definition) is 6. The highest BCUT2D eigenvalue weighted by Gasteiger charge is 2.25. The molecule has 0 radical (unpaired) electrons. The van der Waals surface area contributed by atoms with Gasteiger partial charge >= 0.3 is 6.03 Å². The summed E-state index contributed by atoms with van der Waals surface area (Å²) >= 11 is 0. The van der Waals surface area contributed by atoms with Gasteiger partial charge in [0.15, 0.2) is 0 Å². The number of hydrogen-bond donors (Lipinski definition) is 3. The largest absolute Gasteiger partial charge is 0.459 e. The van der Waals surface area contributed by atoms with E-state index >= 15 is 0 Å². The van der Waals surface area contributed by atoms with Gasteiger partial charge in [-0.15, -0.1) is 0 Å². The van der Waals surface area contributed by atoms with E-state index in [1.54, 1.807) is 18.0 Å². The minimum Gasteiger partial charge on any atom is -0.459 e. The van der Waals surface area contributed by atoms with Crippen molar-refractivity contribution in [2.45, 2.75) is 26.8 Å². The molecule has 2 amide bonds. The van der Waals surface area contributed by atoms with Crippen molar-refractivity contribution in [1.29, 1.82) is 0 Å². The summed E-state index contributed by atoms with van der Waals surface area (Å²) in [6.45, 7) is 6.18. The number of aliphatic hydroxyl groups excluding tert-OH is 1. The van der Waals surface area contributed by atoms with Crippen molar-refractivity contribution in [3.05, 3.63) is 47.7 Å².